The van der Waals surface area contributed by atoms with Crippen molar-refractivity contribution in [3.8, 4) is 0 Å². The summed E-state index contributed by atoms with van der Waals surface area (Å²) < 4.78 is 39.7. The first-order valence-corrected chi connectivity index (χ1v) is 10.3. The van der Waals surface area contributed by atoms with Crippen molar-refractivity contribution in [1.82, 2.24) is 0 Å². The van der Waals surface area contributed by atoms with Crippen molar-refractivity contribution < 1.29 is 13.2 Å². The number of aryl methyl sites for hydroxylation is 1. The fourth-order valence-corrected chi connectivity index (χ4v) is 5.20. The summed E-state index contributed by atoms with van der Waals surface area (Å²) in [5.41, 5.74) is 0.573. The molecule has 144 valence electrons. The van der Waals surface area contributed by atoms with Crippen LogP contribution in [-0.2, 0) is 6.42 Å². The molecule has 1 aromatic rings. The average molecular weight is 364 g/mol. The van der Waals surface area contributed by atoms with E-state index in [1.54, 1.807) is 0 Å². The highest BCUT2D eigenvalue weighted by atomic mass is 19.2. The summed E-state index contributed by atoms with van der Waals surface area (Å²) in [6.45, 7) is 3.87. The van der Waals surface area contributed by atoms with Crippen molar-refractivity contribution in [3.63, 3.8) is 0 Å². The molecular formula is C23H31F3. The molecule has 0 N–H and O–H groups in total. The van der Waals surface area contributed by atoms with E-state index in [1.807, 2.05) is 0 Å². The lowest BCUT2D eigenvalue weighted by molar-refractivity contribution is 0.144. The van der Waals surface area contributed by atoms with Crippen LogP contribution in [0, 0.1) is 41.1 Å². The smallest absolute Gasteiger partial charge is 0.194 e. The Labute approximate surface area is 155 Å². The van der Waals surface area contributed by atoms with Crippen molar-refractivity contribution in [1.29, 1.82) is 0 Å². The first-order valence-electron chi connectivity index (χ1n) is 10.3. The van der Waals surface area contributed by atoms with Crippen LogP contribution in [0.25, 0.3) is 0 Å². The van der Waals surface area contributed by atoms with Crippen LogP contribution < -0.4 is 0 Å². The van der Waals surface area contributed by atoms with Gasteiger partial charge in [0, 0.05) is 0 Å². The molecule has 1 aromatic carbocycles. The van der Waals surface area contributed by atoms with E-state index in [0.717, 1.165) is 36.3 Å². The standard InChI is InChI=1S/C23H31F3/c1-2-3-16-6-10-19(11-7-16)20-12-8-17(9-13-20)4-5-18-14-21(24)23(26)22(25)15-18/h2,14-17,19-20H,1,3-13H2/t16-,17-,19-,20-. The molecule has 0 saturated heterocycles. The zero-order chi connectivity index (χ0) is 18.5. The Bertz CT molecular complexity index is 570. The van der Waals surface area contributed by atoms with Crippen LogP contribution in [0.1, 0.15) is 69.8 Å². The summed E-state index contributed by atoms with van der Waals surface area (Å²) in [7, 11) is 0. The van der Waals surface area contributed by atoms with E-state index in [2.05, 4.69) is 12.7 Å². The number of hydrogen-bond donors (Lipinski definition) is 0. The van der Waals surface area contributed by atoms with Gasteiger partial charge >= 0.3 is 0 Å². The number of hydrogen-bond acceptors (Lipinski definition) is 0. The normalized spacial score (nSPS) is 29.5. The van der Waals surface area contributed by atoms with Crippen molar-refractivity contribution in [3.05, 3.63) is 47.8 Å². The van der Waals surface area contributed by atoms with Crippen LogP contribution >= 0.6 is 0 Å². The molecule has 0 bridgehead atoms. The predicted octanol–water partition coefficient (Wildman–Crippen LogP) is 7.23. The van der Waals surface area contributed by atoms with E-state index in [-0.39, 0.29) is 0 Å². The molecule has 2 saturated carbocycles. The molecule has 0 atom stereocenters. The molecule has 0 amide bonds. The number of halogens is 3. The third kappa shape index (κ3) is 4.92. The minimum absolute atomic E-state index is 0.573. The van der Waals surface area contributed by atoms with E-state index in [1.165, 1.54) is 57.8 Å². The second-order valence-electron chi connectivity index (χ2n) is 8.50. The molecule has 0 aromatic heterocycles. The van der Waals surface area contributed by atoms with Crippen molar-refractivity contribution in [2.45, 2.75) is 70.6 Å². The van der Waals surface area contributed by atoms with E-state index >= 15 is 0 Å². The molecule has 2 fully saturated rings. The molecule has 2 aliphatic carbocycles. The Morgan fingerprint density at radius 3 is 1.81 bits per heavy atom. The predicted molar refractivity (Wildman–Crippen MR) is 100 cm³/mol. The fraction of sp³-hybridized carbons (Fsp3) is 0.652. The molecule has 26 heavy (non-hydrogen) atoms. The average Bonchev–Trinajstić information content (AvgIpc) is 2.66. The Morgan fingerprint density at radius 2 is 1.31 bits per heavy atom. The van der Waals surface area contributed by atoms with Gasteiger partial charge < -0.3 is 0 Å². The van der Waals surface area contributed by atoms with E-state index in [9.17, 15) is 13.2 Å². The van der Waals surface area contributed by atoms with Gasteiger partial charge in [0.15, 0.2) is 17.5 Å². The maximum absolute atomic E-state index is 13.3. The van der Waals surface area contributed by atoms with Gasteiger partial charge in [-0.2, -0.15) is 0 Å². The lowest BCUT2D eigenvalue weighted by atomic mass is 9.68. The minimum atomic E-state index is -1.36. The third-order valence-corrected chi connectivity index (χ3v) is 6.83. The lowest BCUT2D eigenvalue weighted by Gasteiger charge is -2.37. The molecule has 0 spiro atoms. The van der Waals surface area contributed by atoms with Crippen LogP contribution in [-0.4, -0.2) is 0 Å². The van der Waals surface area contributed by atoms with Crippen LogP contribution in [0.5, 0.6) is 0 Å². The molecule has 2 aliphatic rings. The quantitative estimate of drug-likeness (QED) is 0.369. The largest absolute Gasteiger partial charge is 0.204 e. The molecule has 0 radical (unpaired) electrons. The van der Waals surface area contributed by atoms with Gasteiger partial charge in [0.05, 0.1) is 0 Å². The van der Waals surface area contributed by atoms with Crippen LogP contribution in [0.4, 0.5) is 13.2 Å². The minimum Gasteiger partial charge on any atom is -0.204 e. The fourth-order valence-electron chi connectivity index (χ4n) is 5.20. The highest BCUT2D eigenvalue weighted by molar-refractivity contribution is 5.19. The molecule has 0 heterocycles. The number of allylic oxidation sites excluding steroid dienone is 1. The van der Waals surface area contributed by atoms with Gasteiger partial charge in [-0.1, -0.05) is 18.9 Å². The molecule has 0 aliphatic heterocycles. The summed E-state index contributed by atoms with van der Waals surface area (Å²) in [5, 5.41) is 0. The first kappa shape index (κ1) is 19.5. The lowest BCUT2D eigenvalue weighted by Crippen LogP contribution is -2.26. The maximum atomic E-state index is 13.3. The molecular weight excluding hydrogens is 333 g/mol. The maximum Gasteiger partial charge on any atom is 0.194 e. The summed E-state index contributed by atoms with van der Waals surface area (Å²) in [4.78, 5) is 0. The Kier molecular flexibility index (Phi) is 6.83. The van der Waals surface area contributed by atoms with Gasteiger partial charge in [-0.15, -0.1) is 6.58 Å². The molecule has 0 nitrogen and oxygen atoms in total. The van der Waals surface area contributed by atoms with Gasteiger partial charge in [-0.05, 0) is 99.2 Å². The van der Waals surface area contributed by atoms with E-state index < -0.39 is 17.5 Å². The zero-order valence-corrected chi connectivity index (χ0v) is 15.7. The van der Waals surface area contributed by atoms with Crippen LogP contribution in [0.2, 0.25) is 0 Å². The summed E-state index contributed by atoms with van der Waals surface area (Å²) in [5.74, 6) is -0.242. The highest BCUT2D eigenvalue weighted by Crippen LogP contribution is 2.42. The Hall–Kier alpha value is -1.25. The van der Waals surface area contributed by atoms with E-state index in [4.69, 9.17) is 0 Å². The SMILES string of the molecule is C=CC[C@H]1CC[C@H]([C@H]2CC[C@H](CCc3cc(F)c(F)c(F)c3)CC2)CC1. The summed E-state index contributed by atoms with van der Waals surface area (Å²) in [6, 6.07) is 2.29. The van der Waals surface area contributed by atoms with Gasteiger partial charge in [-0.3, -0.25) is 0 Å². The number of benzene rings is 1. The second-order valence-corrected chi connectivity index (χ2v) is 8.50. The zero-order valence-electron chi connectivity index (χ0n) is 15.7. The Morgan fingerprint density at radius 1 is 0.808 bits per heavy atom. The van der Waals surface area contributed by atoms with Crippen molar-refractivity contribution in [2.75, 3.05) is 0 Å². The summed E-state index contributed by atoms with van der Waals surface area (Å²) >= 11 is 0. The van der Waals surface area contributed by atoms with Gasteiger partial charge in [0.25, 0.3) is 0 Å². The second kappa shape index (κ2) is 9.10. The molecule has 3 heteroatoms. The monoisotopic (exact) mass is 364 g/mol. The van der Waals surface area contributed by atoms with Gasteiger partial charge in [0.2, 0.25) is 0 Å². The molecule has 3 rings (SSSR count). The van der Waals surface area contributed by atoms with Crippen molar-refractivity contribution in [2.24, 2.45) is 23.7 Å². The highest BCUT2D eigenvalue weighted by Gasteiger charge is 2.30. The number of rotatable bonds is 6. The summed E-state index contributed by atoms with van der Waals surface area (Å²) in [6.07, 6.45) is 15.3. The van der Waals surface area contributed by atoms with Gasteiger partial charge in [-0.25, -0.2) is 13.2 Å². The van der Waals surface area contributed by atoms with Crippen LogP contribution in [0.3, 0.4) is 0 Å². The molecule has 0 unspecified atom stereocenters. The Balaban J connectivity index is 1.41. The van der Waals surface area contributed by atoms with Crippen molar-refractivity contribution >= 4 is 0 Å². The third-order valence-electron chi connectivity index (χ3n) is 6.83. The van der Waals surface area contributed by atoms with E-state index in [0.29, 0.717) is 17.9 Å². The first-order chi connectivity index (χ1) is 12.6. The van der Waals surface area contributed by atoms with Gasteiger partial charge in [0.1, 0.15) is 0 Å². The van der Waals surface area contributed by atoms with Crippen LogP contribution in [0.15, 0.2) is 24.8 Å². The topological polar surface area (TPSA) is 0 Å².